The third-order valence-corrected chi connectivity index (χ3v) is 9.30. The topological polar surface area (TPSA) is 18.5 Å². The molecule has 26 heavy (non-hydrogen) atoms. The third kappa shape index (κ3) is 4.02. The van der Waals surface area contributed by atoms with Gasteiger partial charge in [-0.15, -0.1) is 11.3 Å². The molecule has 0 spiro atoms. The van der Waals surface area contributed by atoms with Crippen molar-refractivity contribution >= 4 is 23.9 Å². The van der Waals surface area contributed by atoms with Crippen LogP contribution in [0.5, 0.6) is 11.5 Å². The Labute approximate surface area is 161 Å². The number of hydrogen-bond acceptors (Lipinski definition) is 3. The first-order valence-electron chi connectivity index (χ1n) is 8.80. The maximum atomic E-state index is 5.33. The molecular formula is C22H26O2SSi. The Bertz CT molecular complexity index is 798. The molecule has 0 aliphatic rings. The molecule has 0 radical (unpaired) electrons. The third-order valence-electron chi connectivity index (χ3n) is 4.55. The van der Waals surface area contributed by atoms with Crippen molar-refractivity contribution in [2.24, 2.45) is 0 Å². The maximum absolute atomic E-state index is 5.33. The molecular weight excluding hydrogens is 356 g/mol. The van der Waals surface area contributed by atoms with E-state index in [0.717, 1.165) is 11.5 Å². The van der Waals surface area contributed by atoms with E-state index in [-0.39, 0.29) is 5.92 Å². The normalized spacial score (nSPS) is 11.6. The van der Waals surface area contributed by atoms with Crippen LogP contribution in [0.3, 0.4) is 0 Å². The van der Waals surface area contributed by atoms with Crippen molar-refractivity contribution in [2.45, 2.75) is 25.6 Å². The summed E-state index contributed by atoms with van der Waals surface area (Å²) < 4.78 is 12.2. The number of rotatable bonds is 6. The Kier molecular flexibility index (Phi) is 5.54. The first-order chi connectivity index (χ1) is 12.4. The first-order valence-corrected chi connectivity index (χ1v) is 13.1. The molecule has 0 aliphatic heterocycles. The van der Waals surface area contributed by atoms with Crippen molar-refractivity contribution in [3.05, 3.63) is 76.7 Å². The molecule has 0 bridgehead atoms. The largest absolute Gasteiger partial charge is 0.497 e. The lowest BCUT2D eigenvalue weighted by molar-refractivity contribution is 0.414. The van der Waals surface area contributed by atoms with Crippen LogP contribution < -0.4 is 14.0 Å². The van der Waals surface area contributed by atoms with Crippen LogP contribution in [0.2, 0.25) is 19.6 Å². The number of hydrogen-bond donors (Lipinski definition) is 0. The van der Waals surface area contributed by atoms with Gasteiger partial charge in [0.05, 0.1) is 22.3 Å². The van der Waals surface area contributed by atoms with Crippen molar-refractivity contribution < 1.29 is 9.47 Å². The number of ether oxygens (including phenoxy) is 2. The lowest BCUT2D eigenvalue weighted by atomic mass is 9.90. The summed E-state index contributed by atoms with van der Waals surface area (Å²) in [6.07, 6.45) is 0. The predicted molar refractivity (Wildman–Crippen MR) is 114 cm³/mol. The van der Waals surface area contributed by atoms with E-state index in [2.05, 4.69) is 56.0 Å². The van der Waals surface area contributed by atoms with Gasteiger partial charge in [-0.25, -0.2) is 0 Å². The molecule has 0 saturated heterocycles. The summed E-state index contributed by atoms with van der Waals surface area (Å²) in [6.45, 7) is 7.20. The summed E-state index contributed by atoms with van der Waals surface area (Å²) in [7, 11) is 2.10. The zero-order valence-corrected chi connectivity index (χ0v) is 17.9. The monoisotopic (exact) mass is 382 g/mol. The molecule has 0 fully saturated rings. The van der Waals surface area contributed by atoms with Crippen LogP contribution in [0.15, 0.2) is 60.7 Å². The van der Waals surface area contributed by atoms with Crippen LogP contribution in [0.1, 0.15) is 21.9 Å². The zero-order valence-electron chi connectivity index (χ0n) is 16.1. The molecule has 2 nitrogen and oxygen atoms in total. The Morgan fingerprint density at radius 1 is 0.692 bits per heavy atom. The fraction of sp³-hybridized carbons (Fsp3) is 0.273. The van der Waals surface area contributed by atoms with Crippen LogP contribution in [0.4, 0.5) is 0 Å². The quantitative estimate of drug-likeness (QED) is 0.525. The summed E-state index contributed by atoms with van der Waals surface area (Å²) in [6, 6.07) is 21.5. The summed E-state index contributed by atoms with van der Waals surface area (Å²) in [5, 5.41) is 0. The van der Waals surface area contributed by atoms with Crippen LogP contribution in [0, 0.1) is 0 Å². The minimum atomic E-state index is -1.31. The Hall–Kier alpha value is -2.04. The minimum Gasteiger partial charge on any atom is -0.497 e. The zero-order chi connectivity index (χ0) is 18.7. The van der Waals surface area contributed by atoms with Crippen molar-refractivity contribution in [3.63, 3.8) is 0 Å². The van der Waals surface area contributed by atoms with E-state index in [1.54, 1.807) is 18.7 Å². The highest BCUT2D eigenvalue weighted by atomic mass is 32.1. The minimum absolute atomic E-state index is 0.224. The molecule has 0 unspecified atom stereocenters. The lowest BCUT2D eigenvalue weighted by Crippen LogP contribution is -2.34. The van der Waals surface area contributed by atoms with Crippen molar-refractivity contribution in [1.82, 2.24) is 0 Å². The summed E-state index contributed by atoms with van der Waals surface area (Å²) >= 11 is 1.96. The van der Waals surface area contributed by atoms with E-state index in [1.807, 2.05) is 35.6 Å². The molecule has 0 aliphatic carbocycles. The summed E-state index contributed by atoms with van der Waals surface area (Å²) in [4.78, 5) is 1.39. The summed E-state index contributed by atoms with van der Waals surface area (Å²) in [5.74, 6) is 1.99. The highest BCUT2D eigenvalue weighted by Gasteiger charge is 2.23. The molecule has 3 aromatic rings. The number of benzene rings is 2. The Morgan fingerprint density at radius 2 is 1.15 bits per heavy atom. The Balaban J connectivity index is 2.06. The molecule has 136 valence electrons. The van der Waals surface area contributed by atoms with Crippen LogP contribution in [-0.4, -0.2) is 22.3 Å². The van der Waals surface area contributed by atoms with Gasteiger partial charge in [0.1, 0.15) is 11.5 Å². The van der Waals surface area contributed by atoms with Gasteiger partial charge in [0.15, 0.2) is 0 Å². The molecule has 0 amide bonds. The van der Waals surface area contributed by atoms with E-state index >= 15 is 0 Å². The van der Waals surface area contributed by atoms with Crippen LogP contribution in [0.25, 0.3) is 0 Å². The van der Waals surface area contributed by atoms with Gasteiger partial charge in [0.25, 0.3) is 0 Å². The van der Waals surface area contributed by atoms with Gasteiger partial charge in [-0.3, -0.25) is 0 Å². The van der Waals surface area contributed by atoms with Gasteiger partial charge in [-0.2, -0.15) is 0 Å². The predicted octanol–water partition coefficient (Wildman–Crippen LogP) is 5.49. The van der Waals surface area contributed by atoms with Crippen molar-refractivity contribution in [2.75, 3.05) is 14.2 Å². The molecule has 0 saturated carbocycles. The van der Waals surface area contributed by atoms with E-state index in [4.69, 9.17) is 9.47 Å². The van der Waals surface area contributed by atoms with Gasteiger partial charge in [0.2, 0.25) is 0 Å². The van der Waals surface area contributed by atoms with E-state index in [1.165, 1.54) is 16.0 Å². The lowest BCUT2D eigenvalue weighted by Gasteiger charge is -2.18. The van der Waals surface area contributed by atoms with Crippen molar-refractivity contribution in [3.8, 4) is 11.5 Å². The van der Waals surface area contributed by atoms with Gasteiger partial charge >= 0.3 is 0 Å². The highest BCUT2D eigenvalue weighted by molar-refractivity contribution is 7.26. The highest BCUT2D eigenvalue weighted by Crippen LogP contribution is 2.36. The van der Waals surface area contributed by atoms with Gasteiger partial charge < -0.3 is 9.47 Å². The second kappa shape index (κ2) is 7.68. The Morgan fingerprint density at radius 3 is 1.50 bits per heavy atom. The molecule has 2 aromatic carbocycles. The second-order valence-electron chi connectivity index (χ2n) is 7.43. The maximum Gasteiger partial charge on any atom is 0.118 e. The van der Waals surface area contributed by atoms with Crippen LogP contribution >= 0.6 is 11.3 Å². The number of thiophene rings is 1. The second-order valence-corrected chi connectivity index (χ2v) is 13.9. The van der Waals surface area contributed by atoms with E-state index in [9.17, 15) is 0 Å². The molecule has 0 N–H and O–H groups in total. The molecule has 0 atom stereocenters. The van der Waals surface area contributed by atoms with Gasteiger partial charge in [0, 0.05) is 10.8 Å². The molecule has 4 heteroatoms. The number of methoxy groups -OCH3 is 2. The fourth-order valence-corrected chi connectivity index (χ4v) is 6.10. The smallest absolute Gasteiger partial charge is 0.118 e. The SMILES string of the molecule is COc1ccc(C(c2ccc(OC)cc2)c2ccc([Si](C)(C)C)s2)cc1. The molecule has 1 heterocycles. The standard InChI is InChI=1S/C22H26O2SSi/c1-23-18-10-6-16(7-11-18)22(17-8-12-19(24-2)13-9-17)20-14-15-21(25-20)26(3,4)5/h6-15,22H,1-5H3. The van der Waals surface area contributed by atoms with Gasteiger partial charge in [-0.05, 0) is 46.0 Å². The molecule has 3 rings (SSSR count). The molecule has 1 aromatic heterocycles. The average molecular weight is 383 g/mol. The average Bonchev–Trinajstić information content (AvgIpc) is 3.13. The van der Waals surface area contributed by atoms with Crippen molar-refractivity contribution in [1.29, 1.82) is 0 Å². The van der Waals surface area contributed by atoms with E-state index in [0.29, 0.717) is 0 Å². The first kappa shape index (κ1) is 18.7. The van der Waals surface area contributed by atoms with E-state index < -0.39 is 8.07 Å². The van der Waals surface area contributed by atoms with Gasteiger partial charge in [-0.1, -0.05) is 50.0 Å². The summed E-state index contributed by atoms with van der Waals surface area (Å²) in [5.41, 5.74) is 2.56. The fourth-order valence-electron chi connectivity index (χ4n) is 3.02. The van der Waals surface area contributed by atoms with Crippen LogP contribution in [-0.2, 0) is 0 Å².